The maximum absolute atomic E-state index is 13.0. The highest BCUT2D eigenvalue weighted by atomic mass is 35.5. The van der Waals surface area contributed by atoms with Crippen LogP contribution in [0, 0.1) is 5.82 Å². The van der Waals surface area contributed by atoms with Crippen molar-refractivity contribution in [3.63, 3.8) is 0 Å². The van der Waals surface area contributed by atoms with E-state index in [1.165, 1.54) is 12.1 Å². The number of benzene rings is 2. The third-order valence-corrected chi connectivity index (χ3v) is 4.07. The highest BCUT2D eigenvalue weighted by Gasteiger charge is 2.19. The Kier molecular flexibility index (Phi) is 3.82. The highest BCUT2D eigenvalue weighted by Crippen LogP contribution is 2.35. The predicted octanol–water partition coefficient (Wildman–Crippen LogP) is 4.84. The average molecular weight is 358 g/mol. The summed E-state index contributed by atoms with van der Waals surface area (Å²) in [7, 11) is 0. The molecule has 126 valence electrons. The van der Waals surface area contributed by atoms with Gasteiger partial charge in [-0.1, -0.05) is 11.6 Å². The van der Waals surface area contributed by atoms with E-state index in [1.54, 1.807) is 36.5 Å². The Labute approximate surface area is 148 Å². The number of imidazole rings is 1. The lowest BCUT2D eigenvalue weighted by Gasteiger charge is -2.23. The Hall–Kier alpha value is -2.99. The van der Waals surface area contributed by atoms with Crippen molar-refractivity contribution < 1.29 is 14.2 Å². The first-order valence-corrected chi connectivity index (χ1v) is 7.93. The summed E-state index contributed by atoms with van der Waals surface area (Å²) in [5.74, 6) is 1.21. The van der Waals surface area contributed by atoms with Gasteiger partial charge in [-0.3, -0.25) is 4.90 Å². The van der Waals surface area contributed by atoms with Crippen molar-refractivity contribution in [1.82, 2.24) is 9.55 Å². The van der Waals surface area contributed by atoms with Crippen LogP contribution >= 0.6 is 11.6 Å². The lowest BCUT2D eigenvalue weighted by molar-refractivity contribution is 0.463. The fraction of sp³-hybridized carbons (Fsp3) is 0.0556. The normalized spacial score (nSPS) is 13.0. The van der Waals surface area contributed by atoms with Crippen molar-refractivity contribution in [3.05, 3.63) is 71.8 Å². The van der Waals surface area contributed by atoms with Crippen molar-refractivity contribution in [2.75, 3.05) is 4.90 Å². The minimum Gasteiger partial charge on any atom is -0.506 e. The first kappa shape index (κ1) is 15.5. The van der Waals surface area contributed by atoms with Crippen LogP contribution in [0.15, 0.2) is 60.9 Å². The van der Waals surface area contributed by atoms with E-state index in [0.29, 0.717) is 24.1 Å². The summed E-state index contributed by atoms with van der Waals surface area (Å²) in [6, 6.07) is 10.7. The van der Waals surface area contributed by atoms with Gasteiger partial charge in [-0.2, -0.15) is 4.98 Å². The Bertz CT molecular complexity index is 953. The highest BCUT2D eigenvalue weighted by molar-refractivity contribution is 6.32. The number of ether oxygens (including phenoxy) is 1. The van der Waals surface area contributed by atoms with E-state index in [0.717, 1.165) is 5.69 Å². The van der Waals surface area contributed by atoms with Crippen LogP contribution in [-0.4, -0.2) is 14.7 Å². The summed E-state index contributed by atoms with van der Waals surface area (Å²) < 4.78 is 20.6. The molecule has 0 aliphatic carbocycles. The molecule has 0 saturated heterocycles. The van der Waals surface area contributed by atoms with Gasteiger partial charge >= 0.3 is 0 Å². The summed E-state index contributed by atoms with van der Waals surface area (Å²) in [4.78, 5) is 6.30. The summed E-state index contributed by atoms with van der Waals surface area (Å²) >= 11 is 5.87. The molecule has 5 nitrogen and oxygen atoms in total. The Morgan fingerprint density at radius 1 is 1.16 bits per heavy atom. The van der Waals surface area contributed by atoms with Gasteiger partial charge in [-0.15, -0.1) is 0 Å². The zero-order valence-corrected chi connectivity index (χ0v) is 13.7. The van der Waals surface area contributed by atoms with E-state index < -0.39 is 0 Å². The largest absolute Gasteiger partial charge is 0.506 e. The molecule has 2 heterocycles. The molecular formula is C18H13ClFN3O2. The van der Waals surface area contributed by atoms with Crippen LogP contribution in [0.3, 0.4) is 0 Å². The van der Waals surface area contributed by atoms with Crippen LogP contribution in [0.25, 0.3) is 0 Å². The van der Waals surface area contributed by atoms with Crippen molar-refractivity contribution >= 4 is 23.2 Å². The molecule has 0 saturated carbocycles. The van der Waals surface area contributed by atoms with Crippen LogP contribution in [-0.2, 0) is 6.54 Å². The van der Waals surface area contributed by atoms with Crippen LogP contribution in [0.5, 0.6) is 17.4 Å². The van der Waals surface area contributed by atoms with Crippen LogP contribution in [0.4, 0.5) is 16.0 Å². The van der Waals surface area contributed by atoms with Gasteiger partial charge < -0.3 is 14.4 Å². The van der Waals surface area contributed by atoms with E-state index >= 15 is 0 Å². The standard InChI is InChI=1S/C18H13ClFN3O2/c19-15-7-4-13(10-16(15)24)23-9-1-8-22-11-17(21-18(22)23)25-14-5-2-12(20)3-6-14/h1-7,9-11,24H,8H2. The number of hydrogen-bond donors (Lipinski definition) is 1. The van der Waals surface area contributed by atoms with E-state index in [1.807, 2.05) is 21.7 Å². The monoisotopic (exact) mass is 357 g/mol. The molecular weight excluding hydrogens is 345 g/mol. The fourth-order valence-electron chi connectivity index (χ4n) is 2.57. The molecule has 2 aromatic carbocycles. The molecule has 7 heteroatoms. The van der Waals surface area contributed by atoms with Crippen molar-refractivity contribution in [1.29, 1.82) is 0 Å². The zero-order chi connectivity index (χ0) is 17.4. The van der Waals surface area contributed by atoms with E-state index in [2.05, 4.69) is 4.98 Å². The molecule has 0 amide bonds. The summed E-state index contributed by atoms with van der Waals surface area (Å²) in [6.45, 7) is 0.644. The van der Waals surface area contributed by atoms with Crippen LogP contribution < -0.4 is 9.64 Å². The van der Waals surface area contributed by atoms with Gasteiger partial charge in [0.05, 0.1) is 16.9 Å². The minimum atomic E-state index is -0.325. The number of aromatic hydroxyl groups is 1. The van der Waals surface area contributed by atoms with Gasteiger partial charge in [0.15, 0.2) is 0 Å². The molecule has 0 radical (unpaired) electrons. The quantitative estimate of drug-likeness (QED) is 0.728. The third kappa shape index (κ3) is 3.04. The van der Waals surface area contributed by atoms with Gasteiger partial charge in [-0.25, -0.2) is 4.39 Å². The number of nitrogens with zero attached hydrogens (tertiary/aromatic N) is 3. The van der Waals surface area contributed by atoms with E-state index in [4.69, 9.17) is 16.3 Å². The SMILES string of the molecule is Oc1cc(N2C=CCn3cc(Oc4ccc(F)cc4)nc32)ccc1Cl. The molecule has 0 bridgehead atoms. The number of hydrogen-bond acceptors (Lipinski definition) is 4. The number of fused-ring (bicyclic) bond motifs is 1. The summed E-state index contributed by atoms with van der Waals surface area (Å²) in [5, 5.41) is 10.1. The van der Waals surface area contributed by atoms with E-state index in [-0.39, 0.29) is 16.6 Å². The molecule has 1 aromatic heterocycles. The second-order valence-corrected chi connectivity index (χ2v) is 5.89. The molecule has 0 spiro atoms. The zero-order valence-electron chi connectivity index (χ0n) is 12.9. The number of phenols is 1. The number of anilines is 2. The third-order valence-electron chi connectivity index (χ3n) is 3.75. The number of phenolic OH excluding ortho intramolecular Hbond substituents is 1. The Morgan fingerprint density at radius 2 is 1.96 bits per heavy atom. The van der Waals surface area contributed by atoms with Crippen molar-refractivity contribution in [2.24, 2.45) is 0 Å². The van der Waals surface area contributed by atoms with Crippen molar-refractivity contribution in [3.8, 4) is 17.4 Å². The van der Waals surface area contributed by atoms with Gasteiger partial charge in [0.1, 0.15) is 17.3 Å². The minimum absolute atomic E-state index is 0.000896. The van der Waals surface area contributed by atoms with Gasteiger partial charge in [0.2, 0.25) is 11.8 Å². The lowest BCUT2D eigenvalue weighted by atomic mass is 10.2. The van der Waals surface area contributed by atoms with E-state index in [9.17, 15) is 9.50 Å². The Balaban J connectivity index is 1.65. The molecule has 1 N–H and O–H groups in total. The smallest absolute Gasteiger partial charge is 0.239 e. The molecule has 1 aliphatic heterocycles. The number of aromatic nitrogens is 2. The topological polar surface area (TPSA) is 50.5 Å². The average Bonchev–Trinajstić information content (AvgIpc) is 3.02. The lowest BCUT2D eigenvalue weighted by Crippen LogP contribution is -2.18. The molecule has 0 atom stereocenters. The number of rotatable bonds is 3. The predicted molar refractivity (Wildman–Crippen MR) is 93.1 cm³/mol. The summed E-state index contributed by atoms with van der Waals surface area (Å²) in [6.07, 6.45) is 5.60. The molecule has 4 rings (SSSR count). The maximum atomic E-state index is 13.0. The van der Waals surface area contributed by atoms with Crippen LogP contribution in [0.2, 0.25) is 5.02 Å². The van der Waals surface area contributed by atoms with Crippen LogP contribution in [0.1, 0.15) is 0 Å². The van der Waals surface area contributed by atoms with Gasteiger partial charge in [0.25, 0.3) is 0 Å². The first-order chi connectivity index (χ1) is 12.1. The van der Waals surface area contributed by atoms with Gasteiger partial charge in [-0.05, 0) is 42.5 Å². The molecule has 1 aliphatic rings. The fourth-order valence-corrected chi connectivity index (χ4v) is 2.68. The first-order valence-electron chi connectivity index (χ1n) is 7.55. The second-order valence-electron chi connectivity index (χ2n) is 5.48. The molecule has 25 heavy (non-hydrogen) atoms. The number of allylic oxidation sites excluding steroid dienone is 1. The van der Waals surface area contributed by atoms with Gasteiger partial charge in [0, 0.05) is 18.8 Å². The van der Waals surface area contributed by atoms with Crippen molar-refractivity contribution in [2.45, 2.75) is 6.54 Å². The molecule has 0 unspecified atom stereocenters. The second kappa shape index (κ2) is 6.14. The summed E-state index contributed by atoms with van der Waals surface area (Å²) in [5.41, 5.74) is 0.720. The number of halogens is 2. The molecule has 0 fully saturated rings. The Morgan fingerprint density at radius 3 is 2.72 bits per heavy atom. The molecule has 3 aromatic rings. The maximum Gasteiger partial charge on any atom is 0.239 e.